The number of hydrogen-bond donors (Lipinski definition) is 2. The van der Waals surface area contributed by atoms with E-state index in [-0.39, 0.29) is 10.8 Å². The van der Waals surface area contributed by atoms with Crippen molar-refractivity contribution in [2.24, 2.45) is 5.14 Å². The van der Waals surface area contributed by atoms with Crippen LogP contribution in [0, 0.1) is 0 Å². The van der Waals surface area contributed by atoms with Gasteiger partial charge in [-0.05, 0) is 42.7 Å². The zero-order chi connectivity index (χ0) is 17.6. The van der Waals surface area contributed by atoms with Gasteiger partial charge in [-0.2, -0.15) is 0 Å². The molecule has 0 atom stereocenters. The Morgan fingerprint density at radius 1 is 1.08 bits per heavy atom. The van der Waals surface area contributed by atoms with E-state index in [1.54, 1.807) is 19.1 Å². The molecule has 24 heavy (non-hydrogen) atoms. The Balaban J connectivity index is 1.87. The van der Waals surface area contributed by atoms with Crippen LogP contribution in [0.15, 0.2) is 65.1 Å². The van der Waals surface area contributed by atoms with Crippen molar-refractivity contribution in [3.05, 3.63) is 71.3 Å². The van der Waals surface area contributed by atoms with Gasteiger partial charge < -0.3 is 5.32 Å². The molecule has 2 rings (SSSR count). The highest BCUT2D eigenvalue weighted by atomic mass is 32.2. The highest BCUT2D eigenvalue weighted by molar-refractivity contribution is 7.89. The number of primary sulfonamides is 1. The van der Waals surface area contributed by atoms with Gasteiger partial charge in [-0.3, -0.25) is 4.79 Å². The van der Waals surface area contributed by atoms with Crippen LogP contribution in [-0.4, -0.2) is 20.9 Å². The van der Waals surface area contributed by atoms with Crippen LogP contribution in [0.4, 0.5) is 0 Å². The molecule has 5 nitrogen and oxygen atoms in total. The fraction of sp³-hybridized carbons (Fsp3) is 0.167. The lowest BCUT2D eigenvalue weighted by molar-refractivity contribution is -0.117. The van der Waals surface area contributed by atoms with Crippen molar-refractivity contribution in [3.8, 4) is 0 Å². The van der Waals surface area contributed by atoms with Crippen LogP contribution in [0.5, 0.6) is 0 Å². The molecular formula is C18H20N2O3S. The average Bonchev–Trinajstić information content (AvgIpc) is 2.55. The molecule has 0 bridgehead atoms. The Hall–Kier alpha value is -2.44. The van der Waals surface area contributed by atoms with Crippen LogP contribution in [0.3, 0.4) is 0 Å². The van der Waals surface area contributed by atoms with E-state index in [0.29, 0.717) is 18.5 Å². The number of carbonyl (C=O) groups is 1. The lowest BCUT2D eigenvalue weighted by Crippen LogP contribution is -2.26. The van der Waals surface area contributed by atoms with Gasteiger partial charge in [-0.15, -0.1) is 0 Å². The molecule has 3 N–H and O–H groups in total. The molecule has 0 aliphatic carbocycles. The van der Waals surface area contributed by atoms with E-state index in [4.69, 9.17) is 5.14 Å². The van der Waals surface area contributed by atoms with E-state index < -0.39 is 10.0 Å². The van der Waals surface area contributed by atoms with Crippen LogP contribution in [0.25, 0.3) is 6.08 Å². The molecule has 0 heterocycles. The molecule has 0 fully saturated rings. The molecule has 0 aliphatic heterocycles. The van der Waals surface area contributed by atoms with Crippen molar-refractivity contribution in [1.82, 2.24) is 5.32 Å². The summed E-state index contributed by atoms with van der Waals surface area (Å²) in [7, 11) is -3.67. The summed E-state index contributed by atoms with van der Waals surface area (Å²) in [5, 5.41) is 7.90. The number of hydrogen-bond acceptors (Lipinski definition) is 3. The van der Waals surface area contributed by atoms with E-state index in [9.17, 15) is 13.2 Å². The molecule has 0 saturated carbocycles. The number of carbonyl (C=O) groups excluding carboxylic acids is 1. The molecule has 0 unspecified atom stereocenters. The van der Waals surface area contributed by atoms with Crippen molar-refractivity contribution >= 4 is 22.0 Å². The van der Waals surface area contributed by atoms with Gasteiger partial charge in [-0.25, -0.2) is 13.6 Å². The molecule has 126 valence electrons. The highest BCUT2D eigenvalue weighted by Crippen LogP contribution is 2.09. The summed E-state index contributed by atoms with van der Waals surface area (Å²) in [6, 6.07) is 15.9. The number of benzene rings is 2. The Kier molecular flexibility index (Phi) is 5.89. The molecule has 6 heteroatoms. The average molecular weight is 344 g/mol. The zero-order valence-corrected chi connectivity index (χ0v) is 14.2. The largest absolute Gasteiger partial charge is 0.352 e. The quantitative estimate of drug-likeness (QED) is 0.787. The third kappa shape index (κ3) is 5.33. The van der Waals surface area contributed by atoms with E-state index in [2.05, 4.69) is 5.32 Å². The normalized spacial score (nSPS) is 12.0. The van der Waals surface area contributed by atoms with Gasteiger partial charge in [0.15, 0.2) is 0 Å². The number of sulfonamides is 1. The minimum atomic E-state index is -3.67. The second-order valence-electron chi connectivity index (χ2n) is 5.43. The third-order valence-electron chi connectivity index (χ3n) is 3.49. The van der Waals surface area contributed by atoms with Crippen molar-refractivity contribution in [2.45, 2.75) is 18.2 Å². The van der Waals surface area contributed by atoms with Crippen LogP contribution in [0.2, 0.25) is 0 Å². The molecule has 2 aromatic carbocycles. The fourth-order valence-corrected chi connectivity index (χ4v) is 2.69. The van der Waals surface area contributed by atoms with Gasteiger partial charge in [0.25, 0.3) is 0 Å². The van der Waals surface area contributed by atoms with Gasteiger partial charge in [-0.1, -0.05) is 42.5 Å². The van der Waals surface area contributed by atoms with Gasteiger partial charge in [0.05, 0.1) is 4.90 Å². The minimum Gasteiger partial charge on any atom is -0.352 e. The van der Waals surface area contributed by atoms with Crippen molar-refractivity contribution in [3.63, 3.8) is 0 Å². The van der Waals surface area contributed by atoms with Crippen LogP contribution < -0.4 is 10.5 Å². The first-order valence-corrected chi connectivity index (χ1v) is 9.04. The monoisotopic (exact) mass is 344 g/mol. The van der Waals surface area contributed by atoms with Crippen molar-refractivity contribution in [1.29, 1.82) is 0 Å². The van der Waals surface area contributed by atoms with Crippen molar-refractivity contribution < 1.29 is 13.2 Å². The summed E-state index contributed by atoms with van der Waals surface area (Å²) in [4.78, 5) is 12.1. The highest BCUT2D eigenvalue weighted by Gasteiger charge is 2.07. The van der Waals surface area contributed by atoms with E-state index >= 15 is 0 Å². The van der Waals surface area contributed by atoms with Crippen LogP contribution in [-0.2, 0) is 21.2 Å². The van der Waals surface area contributed by atoms with Crippen molar-refractivity contribution in [2.75, 3.05) is 6.54 Å². The third-order valence-corrected chi connectivity index (χ3v) is 4.42. The van der Waals surface area contributed by atoms with Gasteiger partial charge in [0.2, 0.25) is 15.9 Å². The topological polar surface area (TPSA) is 89.3 Å². The van der Waals surface area contributed by atoms with Gasteiger partial charge in [0, 0.05) is 12.1 Å². The van der Waals surface area contributed by atoms with Gasteiger partial charge in [0.1, 0.15) is 0 Å². The number of rotatable bonds is 6. The summed E-state index contributed by atoms with van der Waals surface area (Å²) < 4.78 is 22.4. The first kappa shape index (κ1) is 17.9. The Morgan fingerprint density at radius 2 is 1.71 bits per heavy atom. The second-order valence-corrected chi connectivity index (χ2v) is 6.99. The zero-order valence-electron chi connectivity index (χ0n) is 13.4. The molecule has 2 aromatic rings. The standard InChI is InChI=1S/C18H20N2O3S/c1-14(13-16-5-3-2-4-6-16)18(21)20-12-11-15-7-9-17(10-8-15)24(19,22)23/h2-10,13H,11-12H2,1H3,(H,20,21)(H2,19,22,23)/b14-13-. The number of nitrogens with one attached hydrogen (secondary N) is 1. The molecule has 0 radical (unpaired) electrons. The Labute approximate surface area is 142 Å². The maximum atomic E-state index is 12.0. The SMILES string of the molecule is C/C(=C/c1ccccc1)C(=O)NCCc1ccc(S(N)(=O)=O)cc1. The predicted octanol–water partition coefficient (Wildman–Crippen LogP) is 2.10. The Bertz CT molecular complexity index is 826. The van der Waals surface area contributed by atoms with E-state index in [1.165, 1.54) is 12.1 Å². The number of nitrogens with two attached hydrogens (primary N) is 1. The summed E-state index contributed by atoms with van der Waals surface area (Å²) in [5.41, 5.74) is 2.53. The first-order valence-electron chi connectivity index (χ1n) is 7.49. The van der Waals surface area contributed by atoms with Crippen LogP contribution >= 0.6 is 0 Å². The molecular weight excluding hydrogens is 324 g/mol. The summed E-state index contributed by atoms with van der Waals surface area (Å²) >= 11 is 0. The maximum absolute atomic E-state index is 12.0. The molecule has 1 amide bonds. The Morgan fingerprint density at radius 3 is 2.29 bits per heavy atom. The fourth-order valence-electron chi connectivity index (χ4n) is 2.17. The predicted molar refractivity (Wildman–Crippen MR) is 94.6 cm³/mol. The summed E-state index contributed by atoms with van der Waals surface area (Å²) in [5.74, 6) is -0.125. The maximum Gasteiger partial charge on any atom is 0.246 e. The lowest BCUT2D eigenvalue weighted by Gasteiger charge is -2.06. The first-order chi connectivity index (χ1) is 11.4. The lowest BCUT2D eigenvalue weighted by atomic mass is 10.1. The van der Waals surface area contributed by atoms with Gasteiger partial charge >= 0.3 is 0 Å². The molecule has 0 aliphatic rings. The van der Waals surface area contributed by atoms with E-state index in [1.807, 2.05) is 36.4 Å². The molecule has 0 saturated heterocycles. The summed E-state index contributed by atoms with van der Waals surface area (Å²) in [6.45, 7) is 2.23. The second kappa shape index (κ2) is 7.90. The van der Waals surface area contributed by atoms with E-state index in [0.717, 1.165) is 11.1 Å². The summed E-state index contributed by atoms with van der Waals surface area (Å²) in [6.07, 6.45) is 2.44. The smallest absolute Gasteiger partial charge is 0.246 e. The van der Waals surface area contributed by atoms with Crippen LogP contribution in [0.1, 0.15) is 18.1 Å². The molecule has 0 aromatic heterocycles. The molecule has 0 spiro atoms. The number of amides is 1. The minimum absolute atomic E-state index is 0.0805.